The lowest BCUT2D eigenvalue weighted by molar-refractivity contribution is -0.142. The number of allylic oxidation sites excluding steroid dienone is 1. The normalized spacial score (nSPS) is 11.5. The molecule has 3 aromatic carbocycles. The number of carbonyl (C=O) groups is 1. The first-order chi connectivity index (χ1) is 12.2. The van der Waals surface area contributed by atoms with Gasteiger partial charge >= 0.3 is 5.97 Å². The molecule has 0 aromatic heterocycles. The molecule has 2 nitrogen and oxygen atoms in total. The molecule has 124 valence electrons. The average molecular weight is 328 g/mol. The third-order valence-electron chi connectivity index (χ3n) is 4.43. The highest BCUT2D eigenvalue weighted by Crippen LogP contribution is 2.36. The number of carboxylic acid groups (broad SMARTS) is 1. The second-order valence-electron chi connectivity index (χ2n) is 5.96. The van der Waals surface area contributed by atoms with E-state index in [1.165, 1.54) is 0 Å². The molecule has 1 N–H and O–H groups in total. The average Bonchev–Trinajstić information content (AvgIpc) is 2.67. The lowest BCUT2D eigenvalue weighted by atomic mass is 9.72. The van der Waals surface area contributed by atoms with Crippen molar-refractivity contribution in [3.63, 3.8) is 0 Å². The van der Waals surface area contributed by atoms with Crippen LogP contribution < -0.4 is 0 Å². The molecule has 0 spiro atoms. The molecule has 0 aliphatic heterocycles. The Labute approximate surface area is 148 Å². The summed E-state index contributed by atoms with van der Waals surface area (Å²) in [7, 11) is 0. The number of carboxylic acids is 1. The van der Waals surface area contributed by atoms with Gasteiger partial charge in [0.15, 0.2) is 0 Å². The zero-order valence-corrected chi connectivity index (χ0v) is 13.9. The molecule has 25 heavy (non-hydrogen) atoms. The van der Waals surface area contributed by atoms with Crippen molar-refractivity contribution in [3.05, 3.63) is 114 Å². The van der Waals surface area contributed by atoms with Gasteiger partial charge in [0.1, 0.15) is 5.41 Å². The molecular weight excluding hydrogens is 308 g/mol. The van der Waals surface area contributed by atoms with Crippen LogP contribution in [0.2, 0.25) is 0 Å². The van der Waals surface area contributed by atoms with Crippen molar-refractivity contribution in [1.29, 1.82) is 0 Å². The van der Waals surface area contributed by atoms with E-state index >= 15 is 0 Å². The van der Waals surface area contributed by atoms with E-state index in [4.69, 9.17) is 0 Å². The smallest absolute Gasteiger partial charge is 0.318 e. The third kappa shape index (κ3) is 3.53. The Kier molecular flexibility index (Phi) is 5.10. The van der Waals surface area contributed by atoms with Gasteiger partial charge < -0.3 is 5.11 Å². The predicted octanol–water partition coefficient (Wildman–Crippen LogP) is 5.16. The van der Waals surface area contributed by atoms with E-state index < -0.39 is 11.4 Å². The van der Waals surface area contributed by atoms with Crippen LogP contribution in [0.15, 0.2) is 97.1 Å². The van der Waals surface area contributed by atoms with Crippen LogP contribution >= 0.6 is 0 Å². The molecule has 3 rings (SSSR count). The zero-order valence-electron chi connectivity index (χ0n) is 13.9. The summed E-state index contributed by atoms with van der Waals surface area (Å²) in [4.78, 5) is 12.4. The van der Waals surface area contributed by atoms with Gasteiger partial charge in [-0.3, -0.25) is 4.79 Å². The van der Waals surface area contributed by atoms with Crippen LogP contribution in [-0.4, -0.2) is 11.1 Å². The number of aliphatic carboxylic acids is 1. The van der Waals surface area contributed by atoms with Crippen molar-refractivity contribution >= 4 is 12.0 Å². The van der Waals surface area contributed by atoms with Crippen molar-refractivity contribution < 1.29 is 9.90 Å². The number of hydrogen-bond donors (Lipinski definition) is 1. The Morgan fingerprint density at radius 3 is 1.64 bits per heavy atom. The second kappa shape index (κ2) is 7.63. The minimum Gasteiger partial charge on any atom is -0.480 e. The van der Waals surface area contributed by atoms with Crippen LogP contribution in [0, 0.1) is 0 Å². The molecule has 0 heterocycles. The van der Waals surface area contributed by atoms with E-state index in [-0.39, 0.29) is 0 Å². The van der Waals surface area contributed by atoms with Gasteiger partial charge in [-0.15, -0.1) is 0 Å². The van der Waals surface area contributed by atoms with Crippen molar-refractivity contribution in [3.8, 4) is 0 Å². The van der Waals surface area contributed by atoms with Gasteiger partial charge in [-0.2, -0.15) is 0 Å². The lowest BCUT2D eigenvalue weighted by Crippen LogP contribution is -2.36. The Bertz CT molecular complexity index is 798. The van der Waals surface area contributed by atoms with Crippen molar-refractivity contribution in [2.75, 3.05) is 0 Å². The van der Waals surface area contributed by atoms with Crippen LogP contribution in [0.4, 0.5) is 0 Å². The Balaban J connectivity index is 2.05. The maximum Gasteiger partial charge on any atom is 0.318 e. The maximum atomic E-state index is 12.4. The van der Waals surface area contributed by atoms with Crippen LogP contribution in [0.5, 0.6) is 0 Å². The largest absolute Gasteiger partial charge is 0.480 e. The molecule has 0 fully saturated rings. The summed E-state index contributed by atoms with van der Waals surface area (Å²) in [5.41, 5.74) is 1.52. The van der Waals surface area contributed by atoms with Gasteiger partial charge in [-0.05, 0) is 23.1 Å². The summed E-state index contributed by atoms with van der Waals surface area (Å²) in [5, 5.41) is 10.2. The molecule has 0 radical (unpaired) electrons. The van der Waals surface area contributed by atoms with E-state index in [1.54, 1.807) is 0 Å². The quantitative estimate of drug-likeness (QED) is 0.678. The molecule has 0 amide bonds. The third-order valence-corrected chi connectivity index (χ3v) is 4.43. The van der Waals surface area contributed by atoms with Gasteiger partial charge in [-0.1, -0.05) is 103 Å². The maximum absolute atomic E-state index is 12.4. The van der Waals surface area contributed by atoms with Crippen LogP contribution in [0.1, 0.15) is 23.1 Å². The molecular formula is C23H20O2. The van der Waals surface area contributed by atoms with E-state index in [9.17, 15) is 9.90 Å². The molecule has 3 aromatic rings. The van der Waals surface area contributed by atoms with Crippen LogP contribution in [0.3, 0.4) is 0 Å². The van der Waals surface area contributed by atoms with E-state index in [0.29, 0.717) is 6.42 Å². The number of benzene rings is 3. The summed E-state index contributed by atoms with van der Waals surface area (Å²) < 4.78 is 0. The summed E-state index contributed by atoms with van der Waals surface area (Å²) in [6.07, 6.45) is 4.30. The van der Waals surface area contributed by atoms with Crippen LogP contribution in [0.25, 0.3) is 6.08 Å². The van der Waals surface area contributed by atoms with E-state index in [1.807, 2.05) is 103 Å². The van der Waals surface area contributed by atoms with Gasteiger partial charge in [0.25, 0.3) is 0 Å². The molecule has 2 heteroatoms. The Morgan fingerprint density at radius 1 is 0.760 bits per heavy atom. The van der Waals surface area contributed by atoms with Gasteiger partial charge in [0, 0.05) is 0 Å². The number of hydrogen-bond acceptors (Lipinski definition) is 1. The highest BCUT2D eigenvalue weighted by atomic mass is 16.4. The van der Waals surface area contributed by atoms with Crippen molar-refractivity contribution in [2.24, 2.45) is 0 Å². The highest BCUT2D eigenvalue weighted by Gasteiger charge is 2.41. The molecule has 0 unspecified atom stereocenters. The van der Waals surface area contributed by atoms with Crippen molar-refractivity contribution in [1.82, 2.24) is 0 Å². The standard InChI is InChI=1S/C23H20O2/c24-22(25)23(20-14-6-2-7-15-20,21-16-8-3-9-17-21)18-10-13-19-11-4-1-5-12-19/h1-17H,18H2,(H,24,25)/b13-10+. The summed E-state index contributed by atoms with van der Waals surface area (Å²) in [6.45, 7) is 0. The first-order valence-corrected chi connectivity index (χ1v) is 8.29. The minimum absolute atomic E-state index is 0.380. The van der Waals surface area contributed by atoms with Gasteiger partial charge in [-0.25, -0.2) is 0 Å². The fraction of sp³-hybridized carbons (Fsp3) is 0.0870. The second-order valence-corrected chi connectivity index (χ2v) is 5.96. The molecule has 0 aliphatic rings. The van der Waals surface area contributed by atoms with E-state index in [2.05, 4.69) is 0 Å². The topological polar surface area (TPSA) is 37.3 Å². The summed E-state index contributed by atoms with van der Waals surface area (Å²) >= 11 is 0. The first-order valence-electron chi connectivity index (χ1n) is 8.29. The Morgan fingerprint density at radius 2 is 1.20 bits per heavy atom. The SMILES string of the molecule is O=C(O)C(C/C=C/c1ccccc1)(c1ccccc1)c1ccccc1. The highest BCUT2D eigenvalue weighted by molar-refractivity contribution is 5.86. The molecule has 0 saturated heterocycles. The number of rotatable bonds is 6. The minimum atomic E-state index is -1.10. The van der Waals surface area contributed by atoms with Gasteiger partial charge in [0.05, 0.1) is 0 Å². The van der Waals surface area contributed by atoms with Crippen LogP contribution in [-0.2, 0) is 10.2 Å². The monoisotopic (exact) mass is 328 g/mol. The van der Waals surface area contributed by atoms with Gasteiger partial charge in [0.2, 0.25) is 0 Å². The van der Waals surface area contributed by atoms with E-state index in [0.717, 1.165) is 16.7 Å². The molecule has 0 aliphatic carbocycles. The summed E-state index contributed by atoms with van der Waals surface area (Å²) in [6, 6.07) is 28.8. The predicted molar refractivity (Wildman–Crippen MR) is 101 cm³/mol. The first kappa shape index (κ1) is 16.7. The zero-order chi connectivity index (χ0) is 17.5. The molecule has 0 atom stereocenters. The molecule has 0 saturated carbocycles. The van der Waals surface area contributed by atoms with Crippen molar-refractivity contribution in [2.45, 2.75) is 11.8 Å². The fourth-order valence-corrected chi connectivity index (χ4v) is 3.12. The Hall–Kier alpha value is -3.13. The summed E-state index contributed by atoms with van der Waals surface area (Å²) in [5.74, 6) is -0.845. The lowest BCUT2D eigenvalue weighted by Gasteiger charge is -2.29. The fourth-order valence-electron chi connectivity index (χ4n) is 3.12. The molecule has 0 bridgehead atoms.